The maximum Gasteiger partial charge on any atom is 0.225 e. The molecule has 1 saturated carbocycles. The minimum atomic E-state index is 0.395. The lowest BCUT2D eigenvalue weighted by Crippen LogP contribution is -2.31. The van der Waals surface area contributed by atoms with Crippen LogP contribution in [0.5, 0.6) is 17.2 Å². The number of fused-ring (bicyclic) bond motifs is 1. The van der Waals surface area contributed by atoms with Gasteiger partial charge >= 0.3 is 0 Å². The van der Waals surface area contributed by atoms with Crippen LogP contribution in [0.4, 0.5) is 11.8 Å². The summed E-state index contributed by atoms with van der Waals surface area (Å²) in [5.41, 5.74) is 2.07. The van der Waals surface area contributed by atoms with Crippen LogP contribution in [0.25, 0.3) is 10.9 Å². The van der Waals surface area contributed by atoms with Gasteiger partial charge in [-0.3, -0.25) is 0 Å². The second-order valence-corrected chi connectivity index (χ2v) is 9.98. The van der Waals surface area contributed by atoms with E-state index in [1.54, 1.807) is 0 Å². The van der Waals surface area contributed by atoms with Crippen LogP contribution in [0, 0.1) is 5.92 Å². The van der Waals surface area contributed by atoms with Crippen LogP contribution < -0.4 is 29.7 Å². The third-order valence-electron chi connectivity index (χ3n) is 6.96. The number of ether oxygens (including phenoxy) is 3. The van der Waals surface area contributed by atoms with E-state index in [2.05, 4.69) is 33.7 Å². The number of anilines is 2. The monoisotopic (exact) mass is 521 g/mol. The summed E-state index contributed by atoms with van der Waals surface area (Å²) in [6.45, 7) is 9.48. The first-order valence-electron chi connectivity index (χ1n) is 14.0. The smallest absolute Gasteiger partial charge is 0.225 e. The van der Waals surface area contributed by atoms with Crippen LogP contribution in [0.1, 0.15) is 52.0 Å². The van der Waals surface area contributed by atoms with Crippen molar-refractivity contribution in [2.75, 3.05) is 50.7 Å². The molecule has 0 unspecified atom stereocenters. The SMILES string of the molecule is CCOc1cc(OCC)c(OCC)cc1CNC[C@H]1CC[C@@H](Nc2nc(N(C)C)c3ccccc3n2)CC1. The van der Waals surface area contributed by atoms with E-state index < -0.39 is 0 Å². The topological polar surface area (TPSA) is 80.8 Å². The Bertz CT molecular complexity index is 1180. The number of para-hydroxylation sites is 1. The number of hydrogen-bond donors (Lipinski definition) is 2. The lowest BCUT2D eigenvalue weighted by atomic mass is 9.86. The zero-order valence-corrected chi connectivity index (χ0v) is 23.5. The van der Waals surface area contributed by atoms with Gasteiger partial charge < -0.3 is 29.7 Å². The van der Waals surface area contributed by atoms with Crippen molar-refractivity contribution in [2.45, 2.75) is 59.0 Å². The van der Waals surface area contributed by atoms with Crippen molar-refractivity contribution in [1.29, 1.82) is 0 Å². The Hall–Kier alpha value is -3.26. The van der Waals surface area contributed by atoms with Gasteiger partial charge in [0.2, 0.25) is 5.95 Å². The Morgan fingerprint density at radius 3 is 2.18 bits per heavy atom. The average molecular weight is 522 g/mol. The molecule has 1 heterocycles. The van der Waals surface area contributed by atoms with E-state index in [1.165, 1.54) is 12.8 Å². The van der Waals surface area contributed by atoms with Crippen molar-refractivity contribution in [2.24, 2.45) is 5.92 Å². The van der Waals surface area contributed by atoms with Crippen molar-refractivity contribution in [1.82, 2.24) is 15.3 Å². The van der Waals surface area contributed by atoms with E-state index in [0.29, 0.717) is 31.8 Å². The van der Waals surface area contributed by atoms with E-state index in [0.717, 1.165) is 71.4 Å². The second kappa shape index (κ2) is 13.5. The Labute approximate surface area is 227 Å². The number of nitrogens with one attached hydrogen (secondary N) is 2. The standard InChI is InChI=1S/C30H43N5O3/c1-6-36-26-18-28(38-8-3)27(37-7-2)17-22(26)20-31-19-21-13-15-23(16-14-21)32-30-33-25-12-10-9-11-24(25)29(34-30)35(4)5/h9-12,17-18,21,23,31H,6-8,13-16,19-20H2,1-5H3,(H,32,33,34)/t21-,23+. The largest absolute Gasteiger partial charge is 0.493 e. The first-order valence-corrected chi connectivity index (χ1v) is 14.0. The minimum Gasteiger partial charge on any atom is -0.493 e. The van der Waals surface area contributed by atoms with Gasteiger partial charge in [-0.05, 0) is 77.1 Å². The van der Waals surface area contributed by atoms with Crippen LogP contribution in [0.2, 0.25) is 0 Å². The fourth-order valence-corrected chi connectivity index (χ4v) is 5.12. The van der Waals surface area contributed by atoms with Gasteiger partial charge in [-0.1, -0.05) is 12.1 Å². The summed E-state index contributed by atoms with van der Waals surface area (Å²) < 4.78 is 17.5. The van der Waals surface area contributed by atoms with Gasteiger partial charge in [-0.2, -0.15) is 4.98 Å². The van der Waals surface area contributed by atoms with Crippen molar-refractivity contribution >= 4 is 22.7 Å². The number of nitrogens with zero attached hydrogens (tertiary/aromatic N) is 3. The van der Waals surface area contributed by atoms with Gasteiger partial charge in [0, 0.05) is 43.7 Å². The van der Waals surface area contributed by atoms with E-state index in [-0.39, 0.29) is 0 Å². The lowest BCUT2D eigenvalue weighted by Gasteiger charge is -2.29. The minimum absolute atomic E-state index is 0.395. The molecule has 0 atom stereocenters. The molecule has 1 aromatic heterocycles. The highest BCUT2D eigenvalue weighted by Crippen LogP contribution is 2.35. The van der Waals surface area contributed by atoms with Crippen molar-refractivity contribution in [3.05, 3.63) is 42.0 Å². The Balaban J connectivity index is 1.31. The number of benzene rings is 2. The Morgan fingerprint density at radius 2 is 1.50 bits per heavy atom. The lowest BCUT2D eigenvalue weighted by molar-refractivity contribution is 0.281. The van der Waals surface area contributed by atoms with Gasteiger partial charge in [-0.15, -0.1) is 0 Å². The quantitative estimate of drug-likeness (QED) is 0.299. The number of aromatic nitrogens is 2. The fourth-order valence-electron chi connectivity index (χ4n) is 5.12. The molecule has 3 aromatic rings. The Kier molecular flexibility index (Phi) is 9.87. The zero-order valence-electron chi connectivity index (χ0n) is 23.5. The first kappa shape index (κ1) is 27.8. The van der Waals surface area contributed by atoms with Crippen molar-refractivity contribution in [3.8, 4) is 17.2 Å². The van der Waals surface area contributed by atoms with Crippen LogP contribution >= 0.6 is 0 Å². The van der Waals surface area contributed by atoms with Crippen LogP contribution in [0.15, 0.2) is 36.4 Å². The molecule has 38 heavy (non-hydrogen) atoms. The van der Waals surface area contributed by atoms with E-state index in [4.69, 9.17) is 24.2 Å². The van der Waals surface area contributed by atoms with Gasteiger partial charge in [0.1, 0.15) is 11.6 Å². The Morgan fingerprint density at radius 1 is 0.842 bits per heavy atom. The van der Waals surface area contributed by atoms with Crippen LogP contribution in [-0.2, 0) is 6.54 Å². The maximum absolute atomic E-state index is 5.92. The summed E-state index contributed by atoms with van der Waals surface area (Å²) in [6.07, 6.45) is 4.57. The normalized spacial score (nSPS) is 17.3. The summed E-state index contributed by atoms with van der Waals surface area (Å²) >= 11 is 0. The molecular formula is C30H43N5O3. The first-order chi connectivity index (χ1) is 18.5. The molecular weight excluding hydrogens is 478 g/mol. The van der Waals surface area contributed by atoms with Gasteiger partial charge in [0.05, 0.1) is 25.3 Å². The van der Waals surface area contributed by atoms with Gasteiger partial charge in [0.15, 0.2) is 11.5 Å². The van der Waals surface area contributed by atoms with Gasteiger partial charge in [-0.25, -0.2) is 4.98 Å². The molecule has 0 amide bonds. The molecule has 2 N–H and O–H groups in total. The molecule has 4 rings (SSSR count). The summed E-state index contributed by atoms with van der Waals surface area (Å²) in [5.74, 6) is 4.68. The molecule has 8 nitrogen and oxygen atoms in total. The third kappa shape index (κ3) is 6.98. The highest BCUT2D eigenvalue weighted by molar-refractivity contribution is 5.90. The van der Waals surface area contributed by atoms with Gasteiger partial charge in [0.25, 0.3) is 0 Å². The summed E-state index contributed by atoms with van der Waals surface area (Å²) in [7, 11) is 4.05. The highest BCUT2D eigenvalue weighted by Gasteiger charge is 2.22. The number of rotatable bonds is 13. The molecule has 0 aliphatic heterocycles. The van der Waals surface area contributed by atoms with E-state index >= 15 is 0 Å². The molecule has 1 aliphatic carbocycles. The van der Waals surface area contributed by atoms with Crippen molar-refractivity contribution < 1.29 is 14.2 Å². The number of hydrogen-bond acceptors (Lipinski definition) is 8. The fraction of sp³-hybridized carbons (Fsp3) is 0.533. The molecule has 8 heteroatoms. The predicted molar refractivity (Wildman–Crippen MR) is 155 cm³/mol. The zero-order chi connectivity index (χ0) is 26.9. The summed E-state index contributed by atoms with van der Waals surface area (Å²) in [6, 6.07) is 12.6. The molecule has 2 aromatic carbocycles. The molecule has 206 valence electrons. The second-order valence-electron chi connectivity index (χ2n) is 9.98. The van der Waals surface area contributed by atoms with Crippen LogP contribution in [-0.4, -0.2) is 56.5 Å². The van der Waals surface area contributed by atoms with E-state index in [9.17, 15) is 0 Å². The summed E-state index contributed by atoms with van der Waals surface area (Å²) in [5, 5.41) is 8.36. The average Bonchev–Trinajstić information content (AvgIpc) is 2.91. The molecule has 0 spiro atoms. The van der Waals surface area contributed by atoms with E-state index in [1.807, 2.05) is 53.1 Å². The molecule has 0 radical (unpaired) electrons. The highest BCUT2D eigenvalue weighted by atomic mass is 16.5. The summed E-state index contributed by atoms with van der Waals surface area (Å²) in [4.78, 5) is 11.7. The van der Waals surface area contributed by atoms with Crippen molar-refractivity contribution in [3.63, 3.8) is 0 Å². The molecule has 1 fully saturated rings. The molecule has 0 bridgehead atoms. The molecule has 0 saturated heterocycles. The third-order valence-corrected chi connectivity index (χ3v) is 6.96. The predicted octanol–water partition coefficient (Wildman–Crippen LogP) is 5.65. The molecule has 1 aliphatic rings. The maximum atomic E-state index is 5.92. The van der Waals surface area contributed by atoms with Crippen LogP contribution in [0.3, 0.4) is 0 Å².